The van der Waals surface area contributed by atoms with Crippen LogP contribution in [-0.2, 0) is 6.18 Å². The number of carbonyl (C=O) groups is 2. The van der Waals surface area contributed by atoms with E-state index in [2.05, 4.69) is 22.8 Å². The molecule has 3 N–H and O–H groups in total. The summed E-state index contributed by atoms with van der Waals surface area (Å²) in [6.07, 6.45) is -0.00640. The molecule has 0 aromatic heterocycles. The number of hydrogen-bond acceptors (Lipinski definition) is 4. The Bertz CT molecular complexity index is 1420. The van der Waals surface area contributed by atoms with Crippen molar-refractivity contribution in [1.29, 1.82) is 5.41 Å². The van der Waals surface area contributed by atoms with Gasteiger partial charge in [0.15, 0.2) is 0 Å². The molecule has 3 aromatic rings. The second kappa shape index (κ2) is 12.2. The van der Waals surface area contributed by atoms with Crippen molar-refractivity contribution in [2.75, 3.05) is 25.5 Å². The first-order chi connectivity index (χ1) is 19.1. The van der Waals surface area contributed by atoms with Crippen LogP contribution in [0.25, 0.3) is 5.57 Å². The van der Waals surface area contributed by atoms with Crippen molar-refractivity contribution in [1.82, 2.24) is 10.2 Å². The van der Waals surface area contributed by atoms with Gasteiger partial charge in [-0.05, 0) is 66.6 Å². The van der Waals surface area contributed by atoms with E-state index in [1.165, 1.54) is 30.0 Å². The molecular weight excluding hydrogens is 517 g/mol. The van der Waals surface area contributed by atoms with Gasteiger partial charge in [-0.1, -0.05) is 42.5 Å². The Hall–Kier alpha value is -4.40. The Balaban J connectivity index is 1.42. The Morgan fingerprint density at radius 3 is 2.25 bits per heavy atom. The number of piperidine rings is 1. The number of amides is 2. The number of halogens is 3. The fraction of sp³-hybridized carbons (Fsp3) is 0.258. The summed E-state index contributed by atoms with van der Waals surface area (Å²) in [7, 11) is 1.79. The Morgan fingerprint density at radius 1 is 0.975 bits per heavy atom. The first-order valence-electron chi connectivity index (χ1n) is 13.0. The third-order valence-corrected chi connectivity index (χ3v) is 7.16. The molecule has 1 saturated heterocycles. The molecule has 40 heavy (non-hydrogen) atoms. The van der Waals surface area contributed by atoms with E-state index >= 15 is 0 Å². The van der Waals surface area contributed by atoms with Crippen molar-refractivity contribution < 1.29 is 22.8 Å². The molecule has 1 aliphatic rings. The van der Waals surface area contributed by atoms with Crippen LogP contribution in [0.4, 0.5) is 18.9 Å². The number of aryl methyl sites for hydroxylation is 1. The molecule has 1 aliphatic heterocycles. The molecule has 0 bridgehead atoms. The smallest absolute Gasteiger partial charge is 0.393 e. The average molecular weight is 549 g/mol. The summed E-state index contributed by atoms with van der Waals surface area (Å²) in [5.74, 6) is -0.772. The zero-order valence-electron chi connectivity index (χ0n) is 22.3. The van der Waals surface area contributed by atoms with Gasteiger partial charge in [-0.2, -0.15) is 13.2 Å². The highest BCUT2D eigenvalue weighted by Crippen LogP contribution is 2.33. The summed E-state index contributed by atoms with van der Waals surface area (Å²) in [6.45, 7) is 2.84. The molecule has 2 amide bonds. The van der Waals surface area contributed by atoms with Crippen LogP contribution in [0.5, 0.6) is 0 Å². The molecule has 3 aromatic carbocycles. The zero-order chi connectivity index (χ0) is 28.9. The van der Waals surface area contributed by atoms with Crippen LogP contribution in [0.1, 0.15) is 61.7 Å². The standard InChI is InChI=1S/C31H31F3N4O2/c1-20-7-8-24(17-28(20)37-29(39)26-5-3-4-6-27(26)31(32,33)34)30(40)38-15-13-23(14-16-38)21-9-11-22(12-10-21)25(18-35)19-36-2/h3-12,17-19,23,35-36H,13-16H2,1-2H3,(H,37,39)/b25-19+,35-18?. The number of nitrogens with zero attached hydrogens (tertiary/aromatic N) is 1. The molecule has 208 valence electrons. The molecule has 4 rings (SSSR count). The number of nitrogens with one attached hydrogen (secondary N) is 3. The number of rotatable bonds is 7. The average Bonchev–Trinajstić information content (AvgIpc) is 2.96. The third kappa shape index (κ3) is 6.42. The van der Waals surface area contributed by atoms with E-state index in [9.17, 15) is 22.8 Å². The van der Waals surface area contributed by atoms with Crippen molar-refractivity contribution in [3.63, 3.8) is 0 Å². The summed E-state index contributed by atoms with van der Waals surface area (Å²) in [4.78, 5) is 27.8. The highest BCUT2D eigenvalue weighted by molar-refractivity contribution is 6.08. The Labute approximate surface area is 231 Å². The van der Waals surface area contributed by atoms with Crippen molar-refractivity contribution in [2.24, 2.45) is 0 Å². The van der Waals surface area contributed by atoms with Gasteiger partial charge in [0.05, 0.1) is 11.1 Å². The Kier molecular flexibility index (Phi) is 8.72. The molecule has 0 spiro atoms. The number of alkyl halides is 3. The molecule has 0 atom stereocenters. The highest BCUT2D eigenvalue weighted by atomic mass is 19.4. The van der Waals surface area contributed by atoms with Gasteiger partial charge in [-0.25, -0.2) is 0 Å². The van der Waals surface area contributed by atoms with Crippen LogP contribution < -0.4 is 10.6 Å². The lowest BCUT2D eigenvalue weighted by Crippen LogP contribution is -2.38. The van der Waals surface area contributed by atoms with Crippen LogP contribution >= 0.6 is 0 Å². The second-order valence-electron chi connectivity index (χ2n) is 9.75. The fourth-order valence-electron chi connectivity index (χ4n) is 4.92. The predicted octanol–water partition coefficient (Wildman–Crippen LogP) is 6.50. The number of benzene rings is 3. The van der Waals surface area contributed by atoms with Gasteiger partial charge in [-0.3, -0.25) is 9.59 Å². The molecule has 6 nitrogen and oxygen atoms in total. The number of allylic oxidation sites excluding steroid dienone is 1. The maximum Gasteiger partial charge on any atom is 0.417 e. The van der Waals surface area contributed by atoms with Gasteiger partial charge >= 0.3 is 6.18 Å². The van der Waals surface area contributed by atoms with E-state index in [-0.39, 0.29) is 5.91 Å². The monoisotopic (exact) mass is 548 g/mol. The predicted molar refractivity (Wildman–Crippen MR) is 151 cm³/mol. The number of likely N-dealkylation sites (tertiary alicyclic amines) is 1. The van der Waals surface area contributed by atoms with Crippen LogP contribution in [0, 0.1) is 12.3 Å². The van der Waals surface area contributed by atoms with Crippen LogP contribution in [0.2, 0.25) is 0 Å². The van der Waals surface area contributed by atoms with E-state index in [0.29, 0.717) is 35.8 Å². The van der Waals surface area contributed by atoms with Crippen LogP contribution in [0.3, 0.4) is 0 Å². The molecule has 0 saturated carbocycles. The summed E-state index contributed by atoms with van der Waals surface area (Å²) in [5.41, 5.74) is 2.71. The quantitative estimate of drug-likeness (QED) is 0.295. The molecule has 0 unspecified atom stereocenters. The fourth-order valence-corrected chi connectivity index (χ4v) is 4.92. The van der Waals surface area contributed by atoms with E-state index in [1.54, 1.807) is 37.2 Å². The number of anilines is 1. The lowest BCUT2D eigenvalue weighted by molar-refractivity contribution is -0.137. The van der Waals surface area contributed by atoms with Crippen molar-refractivity contribution in [3.05, 3.63) is 106 Å². The maximum absolute atomic E-state index is 13.4. The molecule has 9 heteroatoms. The van der Waals surface area contributed by atoms with E-state index in [1.807, 2.05) is 12.1 Å². The number of carbonyl (C=O) groups excluding carboxylic acids is 2. The molecule has 0 radical (unpaired) electrons. The van der Waals surface area contributed by atoms with Crippen molar-refractivity contribution >= 4 is 29.3 Å². The number of hydrogen-bond donors (Lipinski definition) is 3. The molecule has 0 aliphatic carbocycles. The maximum atomic E-state index is 13.4. The topological polar surface area (TPSA) is 85.3 Å². The minimum atomic E-state index is -4.66. The first-order valence-corrected chi connectivity index (χ1v) is 13.0. The van der Waals surface area contributed by atoms with Crippen LogP contribution in [0.15, 0.2) is 72.9 Å². The van der Waals surface area contributed by atoms with E-state index < -0.39 is 23.2 Å². The van der Waals surface area contributed by atoms with Gasteiger partial charge < -0.3 is 20.9 Å². The van der Waals surface area contributed by atoms with Crippen LogP contribution in [-0.4, -0.2) is 43.1 Å². The largest absolute Gasteiger partial charge is 0.417 e. The molecule has 1 fully saturated rings. The SMILES string of the molecule is CN/C=C(\C=N)c1ccc(C2CCN(C(=O)c3ccc(C)c(NC(=O)c4ccccc4C(F)(F)F)c3)CC2)cc1. The zero-order valence-corrected chi connectivity index (χ0v) is 22.3. The Morgan fingerprint density at radius 2 is 1.62 bits per heavy atom. The molecule has 1 heterocycles. The van der Waals surface area contributed by atoms with E-state index in [0.717, 1.165) is 36.1 Å². The van der Waals surface area contributed by atoms with E-state index in [4.69, 9.17) is 5.41 Å². The summed E-state index contributed by atoms with van der Waals surface area (Å²) in [6, 6.07) is 17.6. The first kappa shape index (κ1) is 28.6. The van der Waals surface area contributed by atoms with Crippen molar-refractivity contribution in [2.45, 2.75) is 31.9 Å². The summed E-state index contributed by atoms with van der Waals surface area (Å²) >= 11 is 0. The van der Waals surface area contributed by atoms with Gasteiger partial charge in [0.1, 0.15) is 0 Å². The van der Waals surface area contributed by atoms with Crippen molar-refractivity contribution in [3.8, 4) is 0 Å². The summed E-state index contributed by atoms with van der Waals surface area (Å²) in [5, 5.41) is 13.1. The summed E-state index contributed by atoms with van der Waals surface area (Å²) < 4.78 is 40.2. The second-order valence-corrected chi connectivity index (χ2v) is 9.75. The lowest BCUT2D eigenvalue weighted by Gasteiger charge is -2.32. The lowest BCUT2D eigenvalue weighted by atomic mass is 9.88. The minimum Gasteiger partial charge on any atom is -0.393 e. The van der Waals surface area contributed by atoms with Gasteiger partial charge in [-0.15, -0.1) is 0 Å². The third-order valence-electron chi connectivity index (χ3n) is 7.16. The minimum absolute atomic E-state index is 0.187. The van der Waals surface area contributed by atoms with Gasteiger partial charge in [0.2, 0.25) is 0 Å². The van der Waals surface area contributed by atoms with Gasteiger partial charge in [0, 0.05) is 49.4 Å². The normalized spacial score (nSPS) is 14.5. The molecular formula is C31H31F3N4O2. The highest BCUT2D eigenvalue weighted by Gasteiger charge is 2.35. The van der Waals surface area contributed by atoms with Gasteiger partial charge in [0.25, 0.3) is 11.8 Å².